The molecule has 0 saturated heterocycles. The Kier molecular flexibility index (Phi) is 3.77. The third kappa shape index (κ3) is 2.59. The van der Waals surface area contributed by atoms with Gasteiger partial charge in [0.2, 0.25) is 0 Å². The fourth-order valence-corrected chi connectivity index (χ4v) is 3.53. The maximum absolute atomic E-state index is 13.5. The average Bonchev–Trinajstić information content (AvgIpc) is 3.09. The minimum Gasteiger partial charge on any atom is -0.493 e. The van der Waals surface area contributed by atoms with Gasteiger partial charge in [0, 0.05) is 18.3 Å². The summed E-state index contributed by atoms with van der Waals surface area (Å²) in [5, 5.41) is 5.39. The molecule has 0 radical (unpaired) electrons. The summed E-state index contributed by atoms with van der Waals surface area (Å²) >= 11 is 0. The number of halogens is 1. The van der Waals surface area contributed by atoms with Crippen molar-refractivity contribution in [3.63, 3.8) is 0 Å². The van der Waals surface area contributed by atoms with E-state index in [9.17, 15) is 4.39 Å². The van der Waals surface area contributed by atoms with Crippen molar-refractivity contribution in [2.75, 3.05) is 26.6 Å². The van der Waals surface area contributed by atoms with E-state index in [2.05, 4.69) is 10.7 Å². The minimum absolute atomic E-state index is 0.0545. The average molecular weight is 341 g/mol. The lowest BCUT2D eigenvalue weighted by Gasteiger charge is -2.25. The third-order valence-corrected chi connectivity index (χ3v) is 4.71. The van der Waals surface area contributed by atoms with Crippen LogP contribution in [-0.2, 0) is 6.42 Å². The van der Waals surface area contributed by atoms with Crippen molar-refractivity contribution < 1.29 is 13.9 Å². The van der Waals surface area contributed by atoms with Gasteiger partial charge in [0.05, 0.1) is 19.9 Å². The molecule has 25 heavy (non-hydrogen) atoms. The zero-order valence-corrected chi connectivity index (χ0v) is 14.4. The topological polar surface area (TPSA) is 45.8 Å². The van der Waals surface area contributed by atoms with Crippen molar-refractivity contribution >= 4 is 11.4 Å². The Balaban J connectivity index is 1.67. The van der Waals surface area contributed by atoms with Gasteiger partial charge >= 0.3 is 0 Å². The van der Waals surface area contributed by atoms with Gasteiger partial charge in [-0.3, -0.25) is 0 Å². The van der Waals surface area contributed by atoms with Gasteiger partial charge in [-0.15, -0.1) is 0 Å². The van der Waals surface area contributed by atoms with Gasteiger partial charge in [0.15, 0.2) is 11.5 Å². The maximum Gasteiger partial charge on any atom is 0.161 e. The Hall–Kier alpha value is -2.73. The summed E-state index contributed by atoms with van der Waals surface area (Å²) in [6.07, 6.45) is 0.746. The van der Waals surface area contributed by atoms with Crippen molar-refractivity contribution in [2.24, 2.45) is 0 Å². The van der Waals surface area contributed by atoms with E-state index >= 15 is 0 Å². The summed E-state index contributed by atoms with van der Waals surface area (Å²) < 4.78 is 24.3. The predicted molar refractivity (Wildman–Crippen MR) is 94.9 cm³/mol. The van der Waals surface area contributed by atoms with Crippen molar-refractivity contribution in [2.45, 2.75) is 12.6 Å². The Morgan fingerprint density at radius 1 is 1.16 bits per heavy atom. The summed E-state index contributed by atoms with van der Waals surface area (Å²) in [6.45, 7) is 0. The largest absolute Gasteiger partial charge is 0.493 e. The fraction of sp³-hybridized carbons (Fsp3) is 0.263. The molecular weight excluding hydrogens is 321 g/mol. The van der Waals surface area contributed by atoms with E-state index in [4.69, 9.17) is 9.47 Å². The van der Waals surface area contributed by atoms with Crippen LogP contribution in [0.5, 0.6) is 11.5 Å². The highest BCUT2D eigenvalue weighted by Crippen LogP contribution is 2.43. The Bertz CT molecular complexity index is 866. The number of nitrogens with zero attached hydrogens (tertiary/aromatic N) is 1. The minimum atomic E-state index is -0.253. The van der Waals surface area contributed by atoms with Crippen molar-refractivity contribution in [3.8, 4) is 11.5 Å². The van der Waals surface area contributed by atoms with E-state index < -0.39 is 0 Å². The Morgan fingerprint density at radius 3 is 2.64 bits per heavy atom. The quantitative estimate of drug-likeness (QED) is 0.895. The first-order valence-corrected chi connectivity index (χ1v) is 8.10. The molecule has 0 bridgehead atoms. The summed E-state index contributed by atoms with van der Waals surface area (Å²) in [6, 6.07) is 10.5. The van der Waals surface area contributed by atoms with Crippen LogP contribution in [0, 0.1) is 5.82 Å². The second-order valence-electron chi connectivity index (χ2n) is 6.22. The van der Waals surface area contributed by atoms with Gasteiger partial charge in [-0.05, 0) is 47.9 Å². The number of fused-ring (bicyclic) bond motifs is 2. The highest BCUT2D eigenvalue weighted by atomic mass is 19.1. The molecule has 0 fully saturated rings. The summed E-state index contributed by atoms with van der Waals surface area (Å²) in [5.41, 5.74) is 8.75. The van der Waals surface area contributed by atoms with Crippen LogP contribution in [0.15, 0.2) is 42.0 Å². The van der Waals surface area contributed by atoms with Gasteiger partial charge in [0.25, 0.3) is 0 Å². The molecule has 2 aromatic carbocycles. The van der Waals surface area contributed by atoms with Crippen LogP contribution >= 0.6 is 0 Å². The van der Waals surface area contributed by atoms with Crippen molar-refractivity contribution in [1.82, 2.24) is 10.4 Å². The number of anilines is 1. The zero-order valence-electron chi connectivity index (χ0n) is 14.4. The second-order valence-corrected chi connectivity index (χ2v) is 6.22. The second kappa shape index (κ2) is 5.97. The smallest absolute Gasteiger partial charge is 0.161 e. The molecule has 1 aliphatic heterocycles. The molecule has 2 aromatic rings. The van der Waals surface area contributed by atoms with Crippen LogP contribution in [0.25, 0.3) is 5.70 Å². The van der Waals surface area contributed by atoms with E-state index in [0.717, 1.165) is 29.1 Å². The molecule has 5 nitrogen and oxygen atoms in total. The molecule has 1 unspecified atom stereocenters. The number of hydrogen-bond acceptors (Lipinski definition) is 5. The number of ether oxygens (including phenoxy) is 2. The SMILES string of the molecule is COc1cc2c(cc1OC)C1=C(C2)C(Nc2cccc(F)c2)N(C)N1. The number of nitrogens with one attached hydrogen (secondary N) is 2. The van der Waals surface area contributed by atoms with Gasteiger partial charge in [-0.2, -0.15) is 0 Å². The number of hydrogen-bond donors (Lipinski definition) is 2. The van der Waals surface area contributed by atoms with Crippen LogP contribution in [0.2, 0.25) is 0 Å². The first kappa shape index (κ1) is 15.8. The van der Waals surface area contributed by atoms with Crippen LogP contribution < -0.4 is 20.2 Å². The van der Waals surface area contributed by atoms with Crippen LogP contribution in [0.1, 0.15) is 11.1 Å². The standard InChI is InChI=1S/C19H20FN3O2/c1-23-19(21-13-6-4-5-12(20)9-13)15-7-11-8-16(24-2)17(25-3)10-14(11)18(15)22-23/h4-6,8-10,19,21-22H,7H2,1-3H3. The molecule has 130 valence electrons. The molecule has 6 heteroatoms. The molecule has 0 aromatic heterocycles. The monoisotopic (exact) mass is 341 g/mol. The Morgan fingerprint density at radius 2 is 1.92 bits per heavy atom. The molecule has 2 aliphatic rings. The molecule has 1 atom stereocenters. The van der Waals surface area contributed by atoms with E-state index in [1.54, 1.807) is 20.3 Å². The number of rotatable bonds is 4. The highest BCUT2D eigenvalue weighted by molar-refractivity contribution is 5.80. The van der Waals surface area contributed by atoms with E-state index in [0.29, 0.717) is 5.75 Å². The lowest BCUT2D eigenvalue weighted by atomic mass is 10.1. The summed E-state index contributed by atoms with van der Waals surface area (Å²) in [4.78, 5) is 0. The third-order valence-electron chi connectivity index (χ3n) is 4.71. The van der Waals surface area contributed by atoms with E-state index in [1.165, 1.54) is 23.3 Å². The van der Waals surface area contributed by atoms with Crippen LogP contribution in [-0.4, -0.2) is 32.4 Å². The van der Waals surface area contributed by atoms with Gasteiger partial charge in [-0.25, -0.2) is 9.40 Å². The number of likely N-dealkylation sites (N-methyl/N-ethyl adjacent to an activating group) is 1. The normalized spacial score (nSPS) is 18.6. The highest BCUT2D eigenvalue weighted by Gasteiger charge is 2.36. The summed E-state index contributed by atoms with van der Waals surface area (Å²) in [5.74, 6) is 1.18. The molecule has 0 spiro atoms. The maximum atomic E-state index is 13.5. The van der Waals surface area contributed by atoms with Gasteiger partial charge in [-0.1, -0.05) is 6.07 Å². The number of hydrazine groups is 1. The van der Waals surface area contributed by atoms with Crippen molar-refractivity contribution in [1.29, 1.82) is 0 Å². The summed E-state index contributed by atoms with van der Waals surface area (Å²) in [7, 11) is 5.24. The molecule has 4 rings (SSSR count). The molecule has 1 aliphatic carbocycles. The van der Waals surface area contributed by atoms with E-state index in [1.807, 2.05) is 30.3 Å². The van der Waals surface area contributed by atoms with Gasteiger partial charge in [0.1, 0.15) is 12.0 Å². The van der Waals surface area contributed by atoms with Crippen LogP contribution in [0.4, 0.5) is 10.1 Å². The molecule has 1 heterocycles. The van der Waals surface area contributed by atoms with Crippen LogP contribution in [0.3, 0.4) is 0 Å². The number of methoxy groups -OCH3 is 2. The lowest BCUT2D eigenvalue weighted by Crippen LogP contribution is -2.41. The first-order chi connectivity index (χ1) is 12.1. The van der Waals surface area contributed by atoms with Gasteiger partial charge < -0.3 is 20.2 Å². The first-order valence-electron chi connectivity index (χ1n) is 8.10. The predicted octanol–water partition coefficient (Wildman–Crippen LogP) is 3.00. The fourth-order valence-electron chi connectivity index (χ4n) is 3.53. The molecule has 2 N–H and O–H groups in total. The molecular formula is C19H20FN3O2. The Labute approximate surface area is 146 Å². The zero-order chi connectivity index (χ0) is 17.6. The van der Waals surface area contributed by atoms with Crippen molar-refractivity contribution in [3.05, 3.63) is 58.9 Å². The lowest BCUT2D eigenvalue weighted by molar-refractivity contribution is 0.269. The van der Waals surface area contributed by atoms with E-state index in [-0.39, 0.29) is 12.0 Å². The number of benzene rings is 2. The molecule has 0 amide bonds. The molecule has 0 saturated carbocycles.